The van der Waals surface area contributed by atoms with E-state index in [1.165, 1.54) is 38.4 Å². The Morgan fingerprint density at radius 3 is 2.70 bits per heavy atom. The summed E-state index contributed by atoms with van der Waals surface area (Å²) in [5, 5.41) is 14.2. The van der Waals surface area contributed by atoms with E-state index in [-0.39, 0.29) is 0 Å². The van der Waals surface area contributed by atoms with Crippen LogP contribution in [0.15, 0.2) is 24.7 Å². The van der Waals surface area contributed by atoms with E-state index in [9.17, 15) is 9.90 Å². The predicted molar refractivity (Wildman–Crippen MR) is 103 cm³/mol. The molecule has 144 valence electrons. The number of hydrogen-bond donors (Lipinski definition) is 1. The van der Waals surface area contributed by atoms with Crippen LogP contribution in [0.3, 0.4) is 0 Å². The first-order chi connectivity index (χ1) is 13.1. The van der Waals surface area contributed by atoms with Crippen molar-refractivity contribution in [3.8, 4) is 0 Å². The largest absolute Gasteiger partial charge is 0.478 e. The highest BCUT2D eigenvalue weighted by atomic mass is 16.4. The molecule has 0 spiro atoms. The van der Waals surface area contributed by atoms with Crippen LogP contribution in [0.25, 0.3) is 0 Å². The molecule has 2 fully saturated rings. The highest BCUT2D eigenvalue weighted by Gasteiger charge is 2.28. The molecule has 0 aromatic carbocycles. The van der Waals surface area contributed by atoms with Gasteiger partial charge in [0.25, 0.3) is 0 Å². The molecule has 1 aliphatic carbocycles. The van der Waals surface area contributed by atoms with Crippen molar-refractivity contribution in [3.63, 3.8) is 0 Å². The molecule has 4 rings (SSSR count). The Hall–Kier alpha value is -2.21. The van der Waals surface area contributed by atoms with Gasteiger partial charge < -0.3 is 10.0 Å². The van der Waals surface area contributed by atoms with Gasteiger partial charge in [-0.2, -0.15) is 5.10 Å². The third-order valence-corrected chi connectivity index (χ3v) is 6.23. The van der Waals surface area contributed by atoms with Crippen LogP contribution in [0, 0.1) is 6.92 Å². The van der Waals surface area contributed by atoms with E-state index >= 15 is 0 Å². The van der Waals surface area contributed by atoms with Crippen LogP contribution in [0.2, 0.25) is 0 Å². The summed E-state index contributed by atoms with van der Waals surface area (Å²) in [5.74, 6) is -0.905. The molecule has 2 aromatic heterocycles. The van der Waals surface area contributed by atoms with Crippen molar-refractivity contribution in [2.75, 3.05) is 13.1 Å². The molecule has 0 unspecified atom stereocenters. The summed E-state index contributed by atoms with van der Waals surface area (Å²) >= 11 is 0. The number of likely N-dealkylation sites (tertiary alicyclic amines) is 1. The number of hydrogen-bond acceptors (Lipinski definition) is 4. The summed E-state index contributed by atoms with van der Waals surface area (Å²) in [5.41, 5.74) is 3.13. The minimum Gasteiger partial charge on any atom is -0.478 e. The van der Waals surface area contributed by atoms with Crippen LogP contribution in [0.5, 0.6) is 0 Å². The van der Waals surface area contributed by atoms with Crippen LogP contribution in [-0.2, 0) is 6.42 Å². The zero-order valence-corrected chi connectivity index (χ0v) is 16.0. The number of carboxylic acids is 1. The molecule has 2 aliphatic rings. The molecule has 0 amide bonds. The fourth-order valence-corrected chi connectivity index (χ4v) is 4.34. The molecule has 1 saturated carbocycles. The van der Waals surface area contributed by atoms with Gasteiger partial charge >= 0.3 is 5.97 Å². The number of carboxylic acid groups (broad SMARTS) is 1. The maximum absolute atomic E-state index is 11.4. The molecule has 0 bridgehead atoms. The zero-order valence-electron chi connectivity index (χ0n) is 16.0. The van der Waals surface area contributed by atoms with Crippen molar-refractivity contribution in [1.29, 1.82) is 0 Å². The first kappa shape index (κ1) is 18.2. The maximum atomic E-state index is 11.4. The highest BCUT2D eigenvalue weighted by molar-refractivity contribution is 5.89. The minimum atomic E-state index is -0.905. The second-order valence-corrected chi connectivity index (χ2v) is 7.94. The number of pyridine rings is 1. The second-order valence-electron chi connectivity index (χ2n) is 7.94. The van der Waals surface area contributed by atoms with Crippen LogP contribution in [0.4, 0.5) is 0 Å². The molecule has 1 N–H and O–H groups in total. The summed E-state index contributed by atoms with van der Waals surface area (Å²) < 4.78 is 2.13. The summed E-state index contributed by atoms with van der Waals surface area (Å²) in [6.45, 7) is 4.39. The van der Waals surface area contributed by atoms with Gasteiger partial charge in [-0.15, -0.1) is 0 Å². The lowest BCUT2D eigenvalue weighted by Gasteiger charge is -2.36. The molecule has 6 heteroatoms. The van der Waals surface area contributed by atoms with E-state index in [2.05, 4.69) is 20.8 Å². The summed E-state index contributed by atoms with van der Waals surface area (Å²) in [4.78, 5) is 18.2. The van der Waals surface area contributed by atoms with Crippen molar-refractivity contribution in [1.82, 2.24) is 19.7 Å². The van der Waals surface area contributed by atoms with E-state index in [0.717, 1.165) is 42.2 Å². The lowest BCUT2D eigenvalue weighted by Crippen LogP contribution is -2.40. The van der Waals surface area contributed by atoms with Crippen molar-refractivity contribution in [2.45, 2.75) is 64.0 Å². The van der Waals surface area contributed by atoms with Crippen molar-refractivity contribution in [3.05, 3.63) is 47.0 Å². The third kappa shape index (κ3) is 3.90. The smallest absolute Gasteiger partial charge is 0.336 e. The predicted octanol–water partition coefficient (Wildman–Crippen LogP) is 3.46. The SMILES string of the molecule is Cc1nn([C@H]2CCCN(C3CCC3)CC2)cc1Cc1cnccc1C(=O)O. The maximum Gasteiger partial charge on any atom is 0.336 e. The first-order valence-electron chi connectivity index (χ1n) is 10.1. The van der Waals surface area contributed by atoms with Gasteiger partial charge in [-0.25, -0.2) is 4.79 Å². The van der Waals surface area contributed by atoms with Crippen LogP contribution in [-0.4, -0.2) is 49.9 Å². The normalized spacial score (nSPS) is 21.6. The van der Waals surface area contributed by atoms with Crippen molar-refractivity contribution >= 4 is 5.97 Å². The number of aryl methyl sites for hydroxylation is 1. The average molecular weight is 368 g/mol. The van der Waals surface area contributed by atoms with E-state index in [4.69, 9.17) is 5.10 Å². The average Bonchev–Trinajstić information content (AvgIpc) is 2.81. The van der Waals surface area contributed by atoms with E-state index < -0.39 is 5.97 Å². The standard InChI is InChI=1S/C21H28N4O2/c1-15-17(12-16-13-22-9-7-20(16)21(26)27)14-25(23-15)19-6-3-10-24(11-8-19)18-4-2-5-18/h7,9,13-14,18-19H,2-6,8,10-12H2,1H3,(H,26,27)/t19-/m0/s1. The van der Waals surface area contributed by atoms with Crippen LogP contribution in [0.1, 0.15) is 71.7 Å². The van der Waals surface area contributed by atoms with Gasteiger partial charge in [-0.05, 0) is 62.8 Å². The molecule has 2 aromatic rings. The molecular weight excluding hydrogens is 340 g/mol. The number of aromatic carboxylic acids is 1. The summed E-state index contributed by atoms with van der Waals surface area (Å²) in [7, 11) is 0. The van der Waals surface area contributed by atoms with Crippen molar-refractivity contribution < 1.29 is 9.90 Å². The topological polar surface area (TPSA) is 71.2 Å². The Bertz CT molecular complexity index is 812. The molecule has 1 aliphatic heterocycles. The van der Waals surface area contributed by atoms with Gasteiger partial charge in [-0.3, -0.25) is 9.67 Å². The molecule has 6 nitrogen and oxygen atoms in total. The van der Waals surface area contributed by atoms with Gasteiger partial charge in [0.1, 0.15) is 0 Å². The minimum absolute atomic E-state index is 0.322. The van der Waals surface area contributed by atoms with Gasteiger partial charge in [0.2, 0.25) is 0 Å². The Morgan fingerprint density at radius 2 is 1.96 bits per heavy atom. The Morgan fingerprint density at radius 1 is 1.15 bits per heavy atom. The lowest BCUT2D eigenvalue weighted by molar-refractivity contribution is 0.0695. The van der Waals surface area contributed by atoms with Gasteiger partial charge in [0.15, 0.2) is 0 Å². The van der Waals surface area contributed by atoms with Crippen LogP contribution < -0.4 is 0 Å². The summed E-state index contributed by atoms with van der Waals surface area (Å²) in [6, 6.07) is 2.83. The van der Waals surface area contributed by atoms with Gasteiger partial charge in [0, 0.05) is 37.6 Å². The van der Waals surface area contributed by atoms with E-state index in [1.54, 1.807) is 12.3 Å². The molecule has 27 heavy (non-hydrogen) atoms. The van der Waals surface area contributed by atoms with Crippen LogP contribution >= 0.6 is 0 Å². The molecule has 3 heterocycles. The number of rotatable bonds is 5. The van der Waals surface area contributed by atoms with E-state index in [1.807, 2.05) is 6.92 Å². The Balaban J connectivity index is 1.47. The second kappa shape index (κ2) is 7.80. The number of aromatic nitrogens is 3. The third-order valence-electron chi connectivity index (χ3n) is 6.23. The Labute approximate surface area is 160 Å². The molecular formula is C21H28N4O2. The monoisotopic (exact) mass is 368 g/mol. The fourth-order valence-electron chi connectivity index (χ4n) is 4.34. The quantitative estimate of drug-likeness (QED) is 0.875. The van der Waals surface area contributed by atoms with E-state index in [0.29, 0.717) is 18.0 Å². The number of nitrogens with zero attached hydrogens (tertiary/aromatic N) is 4. The van der Waals surface area contributed by atoms with Gasteiger partial charge in [0.05, 0.1) is 17.3 Å². The summed E-state index contributed by atoms with van der Waals surface area (Å²) in [6.07, 6.45) is 13.5. The number of carbonyl (C=O) groups is 1. The Kier molecular flexibility index (Phi) is 5.25. The first-order valence-corrected chi connectivity index (χ1v) is 10.1. The lowest BCUT2D eigenvalue weighted by atomic mass is 9.91. The highest BCUT2D eigenvalue weighted by Crippen LogP contribution is 2.30. The van der Waals surface area contributed by atoms with Crippen molar-refractivity contribution in [2.24, 2.45) is 0 Å². The molecule has 0 radical (unpaired) electrons. The zero-order chi connectivity index (χ0) is 18.8. The molecule has 1 atom stereocenters. The van der Waals surface area contributed by atoms with Gasteiger partial charge in [-0.1, -0.05) is 6.42 Å². The fraction of sp³-hybridized carbons (Fsp3) is 0.571. The molecule has 1 saturated heterocycles.